The van der Waals surface area contributed by atoms with Gasteiger partial charge in [0.15, 0.2) is 0 Å². The van der Waals surface area contributed by atoms with Crippen molar-refractivity contribution in [3.8, 4) is 28.3 Å². The van der Waals surface area contributed by atoms with Gasteiger partial charge in [-0.3, -0.25) is 4.98 Å². The van der Waals surface area contributed by atoms with Gasteiger partial charge in [0.05, 0.1) is 16.6 Å². The number of carboxylic acid groups (broad SMARTS) is 1. The molecule has 1 N–H and O–H groups in total. The first kappa shape index (κ1) is 25.1. The zero-order chi connectivity index (χ0) is 26.8. The van der Waals surface area contributed by atoms with Crippen LogP contribution in [0.1, 0.15) is 54.1 Å². The molecule has 2 aromatic heterocycles. The maximum Gasteiger partial charge on any atom is 0.337 e. The van der Waals surface area contributed by atoms with Crippen LogP contribution in [0.15, 0.2) is 85.2 Å². The van der Waals surface area contributed by atoms with Crippen molar-refractivity contribution in [1.82, 2.24) is 14.5 Å². The van der Waals surface area contributed by atoms with E-state index < -0.39 is 5.97 Å². The molecule has 5 aromatic rings. The molecule has 1 aliphatic carbocycles. The summed E-state index contributed by atoms with van der Waals surface area (Å²) < 4.78 is 8.34. The molecular formula is C32H28ClN3O3. The Hall–Kier alpha value is -4.16. The monoisotopic (exact) mass is 537 g/mol. The molecule has 3 aromatic carbocycles. The molecule has 0 atom stereocenters. The first-order valence-electron chi connectivity index (χ1n) is 13.2. The number of halogens is 1. The summed E-state index contributed by atoms with van der Waals surface area (Å²) in [7, 11) is 0. The fourth-order valence-electron chi connectivity index (χ4n) is 5.57. The molecular weight excluding hydrogens is 510 g/mol. The molecule has 7 heteroatoms. The first-order valence-corrected chi connectivity index (χ1v) is 13.6. The minimum Gasteiger partial charge on any atom is -0.489 e. The Labute approximate surface area is 231 Å². The molecule has 0 radical (unpaired) electrons. The number of imidazole rings is 1. The number of benzene rings is 3. The van der Waals surface area contributed by atoms with Crippen LogP contribution in [0.25, 0.3) is 33.5 Å². The Morgan fingerprint density at radius 3 is 2.54 bits per heavy atom. The normalized spacial score (nSPS) is 14.0. The van der Waals surface area contributed by atoms with Crippen molar-refractivity contribution < 1.29 is 14.6 Å². The summed E-state index contributed by atoms with van der Waals surface area (Å²) in [5, 5.41) is 10.6. The lowest BCUT2D eigenvalue weighted by atomic mass is 9.94. The lowest BCUT2D eigenvalue weighted by Gasteiger charge is -2.26. The molecule has 6 rings (SSSR count). The second-order valence-corrected chi connectivity index (χ2v) is 10.4. The van der Waals surface area contributed by atoms with Gasteiger partial charge in [-0.05, 0) is 78.6 Å². The van der Waals surface area contributed by atoms with Crippen LogP contribution in [0.3, 0.4) is 0 Å². The molecule has 0 amide bonds. The fraction of sp³-hybridized carbons (Fsp3) is 0.219. The molecule has 0 aliphatic heterocycles. The van der Waals surface area contributed by atoms with Crippen LogP contribution in [-0.2, 0) is 6.61 Å². The fourth-order valence-corrected chi connectivity index (χ4v) is 5.76. The number of hydrogen-bond donors (Lipinski definition) is 1. The third-order valence-corrected chi connectivity index (χ3v) is 7.66. The third kappa shape index (κ3) is 5.12. The van der Waals surface area contributed by atoms with Crippen molar-refractivity contribution in [2.75, 3.05) is 0 Å². The Morgan fingerprint density at radius 2 is 1.79 bits per heavy atom. The highest BCUT2D eigenvalue weighted by molar-refractivity contribution is 6.30. The minimum atomic E-state index is -0.931. The predicted octanol–water partition coefficient (Wildman–Crippen LogP) is 8.20. The van der Waals surface area contributed by atoms with Gasteiger partial charge in [0.1, 0.15) is 18.2 Å². The van der Waals surface area contributed by atoms with Gasteiger partial charge in [0, 0.05) is 34.6 Å². The Morgan fingerprint density at radius 1 is 0.974 bits per heavy atom. The maximum absolute atomic E-state index is 12.1. The second-order valence-electron chi connectivity index (χ2n) is 9.93. The molecule has 0 unspecified atom stereocenters. The zero-order valence-electron chi connectivity index (χ0n) is 21.4. The Kier molecular flexibility index (Phi) is 7.03. The van der Waals surface area contributed by atoms with E-state index in [0.29, 0.717) is 28.2 Å². The second kappa shape index (κ2) is 10.9. The average molecular weight is 538 g/mol. The van der Waals surface area contributed by atoms with Gasteiger partial charge in [-0.15, -0.1) is 0 Å². The van der Waals surface area contributed by atoms with Gasteiger partial charge in [-0.1, -0.05) is 49.1 Å². The van der Waals surface area contributed by atoms with Gasteiger partial charge in [-0.25, -0.2) is 9.78 Å². The van der Waals surface area contributed by atoms with Gasteiger partial charge >= 0.3 is 5.97 Å². The summed E-state index contributed by atoms with van der Waals surface area (Å²) in [6, 6.07) is 23.1. The molecule has 1 saturated carbocycles. The molecule has 1 fully saturated rings. The number of nitrogens with zero attached hydrogens (tertiary/aromatic N) is 3. The number of pyridine rings is 1. The summed E-state index contributed by atoms with van der Waals surface area (Å²) in [5.74, 6) is 0.591. The number of fused-ring (bicyclic) bond motifs is 1. The Bertz CT molecular complexity index is 1620. The average Bonchev–Trinajstić information content (AvgIpc) is 3.37. The van der Waals surface area contributed by atoms with Crippen LogP contribution in [-0.4, -0.2) is 25.6 Å². The molecule has 39 heavy (non-hydrogen) atoms. The van der Waals surface area contributed by atoms with Crippen molar-refractivity contribution in [3.05, 3.63) is 101 Å². The van der Waals surface area contributed by atoms with E-state index in [4.69, 9.17) is 21.3 Å². The van der Waals surface area contributed by atoms with E-state index in [0.717, 1.165) is 59.5 Å². The SMILES string of the molecule is O=C(O)c1cccc2nc(-c3ccc(OCc4cc(Cl)ccc4-c4cccnc4)cc3)n(C3CCCCC3)c12. The van der Waals surface area contributed by atoms with E-state index in [1.165, 1.54) is 6.42 Å². The van der Waals surface area contributed by atoms with Gasteiger partial charge in [0.25, 0.3) is 0 Å². The van der Waals surface area contributed by atoms with Crippen molar-refractivity contribution in [2.24, 2.45) is 0 Å². The van der Waals surface area contributed by atoms with Gasteiger partial charge < -0.3 is 14.4 Å². The van der Waals surface area contributed by atoms with E-state index in [1.807, 2.05) is 66.9 Å². The smallest absolute Gasteiger partial charge is 0.337 e. The highest BCUT2D eigenvalue weighted by Gasteiger charge is 2.25. The number of aromatic carboxylic acids is 1. The molecule has 0 bridgehead atoms. The summed E-state index contributed by atoms with van der Waals surface area (Å²) >= 11 is 6.30. The number of para-hydroxylation sites is 1. The molecule has 2 heterocycles. The zero-order valence-corrected chi connectivity index (χ0v) is 22.1. The van der Waals surface area contributed by atoms with Crippen molar-refractivity contribution >= 4 is 28.6 Å². The minimum absolute atomic E-state index is 0.226. The van der Waals surface area contributed by atoms with Crippen LogP contribution in [0.5, 0.6) is 5.75 Å². The standard InChI is InChI=1S/C32H28ClN3O3/c33-24-13-16-27(22-6-5-17-34-19-22)23(18-24)20-39-26-14-11-21(12-15-26)31-35-29-10-4-9-28(32(37)38)30(29)36(31)25-7-2-1-3-8-25/h4-6,9-19,25H,1-3,7-8,20H2,(H,37,38). The maximum atomic E-state index is 12.1. The summed E-state index contributed by atoms with van der Waals surface area (Å²) in [6.45, 7) is 0.354. The van der Waals surface area contributed by atoms with Gasteiger partial charge in [0.2, 0.25) is 0 Å². The van der Waals surface area contributed by atoms with Crippen LogP contribution < -0.4 is 4.74 Å². The highest BCUT2D eigenvalue weighted by Crippen LogP contribution is 2.37. The molecule has 196 valence electrons. The van der Waals surface area contributed by atoms with Crippen molar-refractivity contribution in [3.63, 3.8) is 0 Å². The first-order chi connectivity index (χ1) is 19.1. The number of carboxylic acids is 1. The lowest BCUT2D eigenvalue weighted by Crippen LogP contribution is -2.15. The van der Waals surface area contributed by atoms with Crippen LogP contribution in [0, 0.1) is 0 Å². The number of rotatable bonds is 7. The topological polar surface area (TPSA) is 77.2 Å². The van der Waals surface area contributed by atoms with Gasteiger partial charge in [-0.2, -0.15) is 0 Å². The quantitative estimate of drug-likeness (QED) is 0.226. The molecule has 6 nitrogen and oxygen atoms in total. The predicted molar refractivity (Wildman–Crippen MR) is 153 cm³/mol. The number of aromatic nitrogens is 3. The molecule has 0 spiro atoms. The lowest BCUT2D eigenvalue weighted by molar-refractivity contribution is 0.0698. The molecule has 1 aliphatic rings. The van der Waals surface area contributed by atoms with E-state index in [-0.39, 0.29) is 6.04 Å². The largest absolute Gasteiger partial charge is 0.489 e. The highest BCUT2D eigenvalue weighted by atomic mass is 35.5. The van der Waals surface area contributed by atoms with Crippen LogP contribution >= 0.6 is 11.6 Å². The van der Waals surface area contributed by atoms with Crippen LogP contribution in [0.4, 0.5) is 0 Å². The van der Waals surface area contributed by atoms with E-state index in [2.05, 4.69) is 9.55 Å². The van der Waals surface area contributed by atoms with Crippen LogP contribution in [0.2, 0.25) is 5.02 Å². The van der Waals surface area contributed by atoms with Crippen molar-refractivity contribution in [2.45, 2.75) is 44.8 Å². The number of hydrogen-bond acceptors (Lipinski definition) is 4. The van der Waals surface area contributed by atoms with E-state index in [9.17, 15) is 9.90 Å². The number of carbonyl (C=O) groups is 1. The summed E-state index contributed by atoms with van der Waals surface area (Å²) in [5.41, 5.74) is 5.64. The Balaban J connectivity index is 1.31. The third-order valence-electron chi connectivity index (χ3n) is 7.43. The number of ether oxygens (including phenoxy) is 1. The van der Waals surface area contributed by atoms with Crippen molar-refractivity contribution in [1.29, 1.82) is 0 Å². The summed E-state index contributed by atoms with van der Waals surface area (Å²) in [4.78, 5) is 21.3. The van der Waals surface area contributed by atoms with E-state index in [1.54, 1.807) is 18.3 Å². The van der Waals surface area contributed by atoms with E-state index >= 15 is 0 Å². The molecule has 0 saturated heterocycles. The summed E-state index contributed by atoms with van der Waals surface area (Å²) in [6.07, 6.45) is 9.11.